The van der Waals surface area contributed by atoms with E-state index in [0.717, 1.165) is 31.4 Å². The molecule has 1 aromatic carbocycles. The SMILES string of the molecule is COCc1cc(C(=O)N2CCCCC[C@@H]2c2ccco2)ccc1F. The first-order valence-electron chi connectivity index (χ1n) is 8.32. The minimum absolute atomic E-state index is 0.0640. The van der Waals surface area contributed by atoms with Crippen LogP contribution in [0.1, 0.15) is 53.4 Å². The van der Waals surface area contributed by atoms with Crippen molar-refractivity contribution in [2.24, 2.45) is 0 Å². The molecular weight excluding hydrogens is 309 g/mol. The van der Waals surface area contributed by atoms with Gasteiger partial charge in [-0.2, -0.15) is 0 Å². The fourth-order valence-electron chi connectivity index (χ4n) is 3.27. The number of carbonyl (C=O) groups excluding carboxylic acids is 1. The van der Waals surface area contributed by atoms with E-state index in [1.54, 1.807) is 18.4 Å². The molecule has 24 heavy (non-hydrogen) atoms. The molecule has 0 saturated carbocycles. The lowest BCUT2D eigenvalue weighted by atomic mass is 10.0. The predicted octanol–water partition coefficient (Wildman–Crippen LogP) is 4.32. The first-order valence-corrected chi connectivity index (χ1v) is 8.32. The highest BCUT2D eigenvalue weighted by Gasteiger charge is 2.29. The molecule has 1 aliphatic heterocycles. The topological polar surface area (TPSA) is 42.7 Å². The van der Waals surface area contributed by atoms with Gasteiger partial charge in [0, 0.05) is 24.8 Å². The number of rotatable bonds is 4. The number of likely N-dealkylation sites (tertiary alicyclic amines) is 1. The number of benzene rings is 1. The Hall–Kier alpha value is -2.14. The molecule has 0 bridgehead atoms. The third-order valence-corrected chi connectivity index (χ3v) is 4.48. The first-order chi connectivity index (χ1) is 11.7. The molecule has 0 N–H and O–H groups in total. The van der Waals surface area contributed by atoms with Crippen LogP contribution in [0.2, 0.25) is 0 Å². The summed E-state index contributed by atoms with van der Waals surface area (Å²) in [6.45, 7) is 0.829. The molecule has 1 atom stereocenters. The van der Waals surface area contributed by atoms with E-state index in [9.17, 15) is 9.18 Å². The van der Waals surface area contributed by atoms with Crippen LogP contribution in [0.25, 0.3) is 0 Å². The Labute approximate surface area is 141 Å². The van der Waals surface area contributed by atoms with Crippen molar-refractivity contribution in [3.8, 4) is 0 Å². The summed E-state index contributed by atoms with van der Waals surface area (Å²) in [5, 5.41) is 0. The lowest BCUT2D eigenvalue weighted by Gasteiger charge is -2.29. The average Bonchev–Trinajstić information content (AvgIpc) is 3.01. The molecule has 0 aliphatic carbocycles. The standard InChI is InChI=1S/C19H22FNO3/c1-23-13-15-12-14(8-9-16(15)20)19(22)21-10-4-2-3-6-17(21)18-7-5-11-24-18/h5,7-9,11-12,17H,2-4,6,10,13H2,1H3/t17-/m1/s1. The van der Waals surface area contributed by atoms with Gasteiger partial charge in [-0.1, -0.05) is 12.8 Å². The van der Waals surface area contributed by atoms with Crippen molar-refractivity contribution in [1.82, 2.24) is 4.90 Å². The van der Waals surface area contributed by atoms with Crippen LogP contribution in [0.3, 0.4) is 0 Å². The maximum absolute atomic E-state index is 13.8. The van der Waals surface area contributed by atoms with Crippen molar-refractivity contribution in [3.63, 3.8) is 0 Å². The summed E-state index contributed by atoms with van der Waals surface area (Å²) in [5.74, 6) is 0.368. The van der Waals surface area contributed by atoms with E-state index >= 15 is 0 Å². The van der Waals surface area contributed by atoms with Crippen molar-refractivity contribution >= 4 is 5.91 Å². The summed E-state index contributed by atoms with van der Waals surface area (Å²) in [5.41, 5.74) is 0.884. The summed E-state index contributed by atoms with van der Waals surface area (Å²) in [6, 6.07) is 8.16. The van der Waals surface area contributed by atoms with Crippen LogP contribution in [0.5, 0.6) is 0 Å². The van der Waals surface area contributed by atoms with Gasteiger partial charge in [0.05, 0.1) is 18.9 Å². The third-order valence-electron chi connectivity index (χ3n) is 4.48. The zero-order chi connectivity index (χ0) is 16.9. The Kier molecular flexibility index (Phi) is 5.30. The fraction of sp³-hybridized carbons (Fsp3) is 0.421. The van der Waals surface area contributed by atoms with Gasteiger partial charge in [-0.05, 0) is 43.2 Å². The van der Waals surface area contributed by atoms with Crippen LogP contribution < -0.4 is 0 Å². The van der Waals surface area contributed by atoms with Gasteiger partial charge in [0.25, 0.3) is 5.91 Å². The number of methoxy groups -OCH3 is 1. The molecule has 5 heteroatoms. The second kappa shape index (κ2) is 7.62. The van der Waals surface area contributed by atoms with Crippen LogP contribution in [0.4, 0.5) is 4.39 Å². The van der Waals surface area contributed by atoms with Gasteiger partial charge < -0.3 is 14.1 Å². The summed E-state index contributed by atoms with van der Waals surface area (Å²) < 4.78 is 24.4. The van der Waals surface area contributed by atoms with Gasteiger partial charge in [0.1, 0.15) is 11.6 Å². The van der Waals surface area contributed by atoms with Gasteiger partial charge in [-0.25, -0.2) is 4.39 Å². The minimum Gasteiger partial charge on any atom is -0.467 e. The van der Waals surface area contributed by atoms with E-state index in [1.165, 1.54) is 13.2 Å². The maximum Gasteiger partial charge on any atom is 0.254 e. The highest BCUT2D eigenvalue weighted by molar-refractivity contribution is 5.94. The molecule has 0 spiro atoms. The molecule has 1 saturated heterocycles. The summed E-state index contributed by atoms with van der Waals surface area (Å²) in [4.78, 5) is 14.9. The van der Waals surface area contributed by atoms with E-state index in [-0.39, 0.29) is 24.4 Å². The molecular formula is C19H22FNO3. The molecule has 0 unspecified atom stereocenters. The molecule has 1 amide bonds. The summed E-state index contributed by atoms with van der Waals surface area (Å²) >= 11 is 0. The Morgan fingerprint density at radius 2 is 2.21 bits per heavy atom. The molecule has 0 radical (unpaired) electrons. The van der Waals surface area contributed by atoms with Crippen molar-refractivity contribution in [2.75, 3.05) is 13.7 Å². The van der Waals surface area contributed by atoms with Gasteiger partial charge >= 0.3 is 0 Å². The minimum atomic E-state index is -0.355. The van der Waals surface area contributed by atoms with E-state index in [0.29, 0.717) is 17.7 Å². The largest absolute Gasteiger partial charge is 0.467 e. The van der Waals surface area contributed by atoms with Crippen LogP contribution >= 0.6 is 0 Å². The molecule has 1 fully saturated rings. The number of hydrogen-bond donors (Lipinski definition) is 0. The summed E-state index contributed by atoms with van der Waals surface area (Å²) in [6.07, 6.45) is 5.64. The van der Waals surface area contributed by atoms with Crippen LogP contribution in [0, 0.1) is 5.82 Å². The van der Waals surface area contributed by atoms with E-state index in [2.05, 4.69) is 0 Å². The van der Waals surface area contributed by atoms with E-state index in [1.807, 2.05) is 17.0 Å². The van der Waals surface area contributed by atoms with E-state index in [4.69, 9.17) is 9.15 Å². The Bertz CT molecular complexity index is 684. The highest BCUT2D eigenvalue weighted by atomic mass is 19.1. The fourth-order valence-corrected chi connectivity index (χ4v) is 3.27. The van der Waals surface area contributed by atoms with Gasteiger partial charge in [0.15, 0.2) is 0 Å². The third kappa shape index (κ3) is 3.51. The van der Waals surface area contributed by atoms with E-state index < -0.39 is 0 Å². The van der Waals surface area contributed by atoms with Crippen LogP contribution in [-0.4, -0.2) is 24.5 Å². The maximum atomic E-state index is 13.8. The number of amides is 1. The van der Waals surface area contributed by atoms with Crippen molar-refractivity contribution in [1.29, 1.82) is 0 Å². The molecule has 1 aliphatic rings. The highest BCUT2D eigenvalue weighted by Crippen LogP contribution is 2.31. The molecule has 2 heterocycles. The monoisotopic (exact) mass is 331 g/mol. The van der Waals surface area contributed by atoms with Crippen molar-refractivity contribution in [3.05, 3.63) is 59.3 Å². The van der Waals surface area contributed by atoms with Gasteiger partial charge in [0.2, 0.25) is 0 Å². The quantitative estimate of drug-likeness (QED) is 0.838. The molecule has 128 valence electrons. The number of nitrogens with zero attached hydrogens (tertiary/aromatic N) is 1. The Balaban J connectivity index is 1.89. The van der Waals surface area contributed by atoms with Gasteiger partial charge in [-0.3, -0.25) is 4.79 Å². The van der Waals surface area contributed by atoms with Crippen molar-refractivity contribution < 1.29 is 18.3 Å². The molecule has 4 nitrogen and oxygen atoms in total. The number of ether oxygens (including phenoxy) is 1. The first kappa shape index (κ1) is 16.7. The number of halogens is 1. The predicted molar refractivity (Wildman–Crippen MR) is 88.1 cm³/mol. The van der Waals surface area contributed by atoms with Crippen LogP contribution in [0.15, 0.2) is 41.0 Å². The second-order valence-electron chi connectivity index (χ2n) is 6.12. The molecule has 2 aromatic rings. The lowest BCUT2D eigenvalue weighted by molar-refractivity contribution is 0.0658. The van der Waals surface area contributed by atoms with Crippen molar-refractivity contribution in [2.45, 2.75) is 38.3 Å². The Morgan fingerprint density at radius 1 is 1.33 bits per heavy atom. The Morgan fingerprint density at radius 3 is 2.96 bits per heavy atom. The zero-order valence-electron chi connectivity index (χ0n) is 13.8. The zero-order valence-corrected chi connectivity index (χ0v) is 13.8. The average molecular weight is 331 g/mol. The number of hydrogen-bond acceptors (Lipinski definition) is 3. The number of carbonyl (C=O) groups is 1. The lowest BCUT2D eigenvalue weighted by Crippen LogP contribution is -2.34. The molecule has 3 rings (SSSR count). The normalized spacial score (nSPS) is 18.4. The second-order valence-corrected chi connectivity index (χ2v) is 6.12. The smallest absolute Gasteiger partial charge is 0.254 e. The number of furan rings is 1. The van der Waals surface area contributed by atoms with Gasteiger partial charge in [-0.15, -0.1) is 0 Å². The molecule has 1 aromatic heterocycles. The summed E-state index contributed by atoms with van der Waals surface area (Å²) in [7, 11) is 1.51. The van der Waals surface area contributed by atoms with Crippen LogP contribution in [-0.2, 0) is 11.3 Å².